The second-order valence-corrected chi connectivity index (χ2v) is 8.83. The van der Waals surface area contributed by atoms with Crippen LogP contribution in [0.5, 0.6) is 0 Å². The van der Waals surface area contributed by atoms with E-state index < -0.39 is 0 Å². The first-order chi connectivity index (χ1) is 15.1. The van der Waals surface area contributed by atoms with Gasteiger partial charge < -0.3 is 14.6 Å². The predicted molar refractivity (Wildman–Crippen MR) is 132 cm³/mol. The molecule has 0 fully saturated rings. The van der Waals surface area contributed by atoms with Gasteiger partial charge in [-0.05, 0) is 56.5 Å². The molecule has 2 aliphatic rings. The van der Waals surface area contributed by atoms with Crippen LogP contribution in [0.2, 0.25) is 0 Å². The first-order valence-electron chi connectivity index (χ1n) is 12.4. The first-order valence-corrected chi connectivity index (χ1v) is 12.4. The Hall–Kier alpha value is -2.07. The van der Waals surface area contributed by atoms with Crippen LogP contribution in [0.15, 0.2) is 52.4 Å². The van der Waals surface area contributed by atoms with Crippen molar-refractivity contribution in [2.75, 3.05) is 6.61 Å². The van der Waals surface area contributed by atoms with Crippen LogP contribution < -0.4 is 5.32 Å². The number of hydrogen-bond donors (Lipinski definition) is 1. The average Bonchev–Trinajstić information content (AvgIpc) is 3.46. The van der Waals surface area contributed by atoms with Crippen molar-refractivity contribution in [1.29, 1.82) is 0 Å². The molecule has 1 unspecified atom stereocenters. The SMILES string of the molecule is CCCCCCCCCCCC1=CC(=C2NC(c3cccn3C)=CC2OCC)N=C1C. The van der Waals surface area contributed by atoms with Crippen molar-refractivity contribution in [2.24, 2.45) is 12.0 Å². The van der Waals surface area contributed by atoms with Crippen molar-refractivity contribution in [3.63, 3.8) is 0 Å². The van der Waals surface area contributed by atoms with E-state index in [1.54, 1.807) is 0 Å². The van der Waals surface area contributed by atoms with Gasteiger partial charge in [-0.3, -0.25) is 4.99 Å². The Bertz CT molecular complexity index is 840. The summed E-state index contributed by atoms with van der Waals surface area (Å²) in [5, 5.41) is 3.60. The van der Waals surface area contributed by atoms with Crippen molar-refractivity contribution in [3.8, 4) is 0 Å². The van der Waals surface area contributed by atoms with Crippen molar-refractivity contribution >= 4 is 11.4 Å². The van der Waals surface area contributed by atoms with Gasteiger partial charge in [-0.2, -0.15) is 0 Å². The molecule has 0 aliphatic carbocycles. The molecule has 0 amide bonds. The van der Waals surface area contributed by atoms with E-state index in [1.165, 1.54) is 63.4 Å². The summed E-state index contributed by atoms with van der Waals surface area (Å²) < 4.78 is 8.15. The third-order valence-electron chi connectivity index (χ3n) is 6.33. The van der Waals surface area contributed by atoms with E-state index in [2.05, 4.69) is 61.3 Å². The van der Waals surface area contributed by atoms with Crippen molar-refractivity contribution < 1.29 is 4.74 Å². The van der Waals surface area contributed by atoms with Gasteiger partial charge in [-0.1, -0.05) is 58.3 Å². The molecule has 170 valence electrons. The Labute approximate surface area is 189 Å². The summed E-state index contributed by atoms with van der Waals surface area (Å²) in [5.74, 6) is 0. The molecule has 1 atom stereocenters. The Balaban J connectivity index is 1.54. The van der Waals surface area contributed by atoms with Crippen LogP contribution in [0.1, 0.15) is 90.7 Å². The molecule has 4 heteroatoms. The van der Waals surface area contributed by atoms with Gasteiger partial charge in [0, 0.05) is 25.6 Å². The molecule has 1 N–H and O–H groups in total. The molecule has 0 radical (unpaired) electrons. The van der Waals surface area contributed by atoms with E-state index in [9.17, 15) is 0 Å². The third-order valence-corrected chi connectivity index (χ3v) is 6.33. The maximum atomic E-state index is 6.02. The highest BCUT2D eigenvalue weighted by atomic mass is 16.5. The number of aryl methyl sites for hydroxylation is 1. The van der Waals surface area contributed by atoms with E-state index in [1.807, 2.05) is 6.92 Å². The number of rotatable bonds is 13. The lowest BCUT2D eigenvalue weighted by Crippen LogP contribution is -2.18. The smallest absolute Gasteiger partial charge is 0.120 e. The van der Waals surface area contributed by atoms with E-state index in [4.69, 9.17) is 9.73 Å². The average molecular weight is 424 g/mol. The van der Waals surface area contributed by atoms with Gasteiger partial charge >= 0.3 is 0 Å². The standard InChI is InChI=1S/C27H41N3O/c1-5-7-8-9-10-11-12-13-14-16-22-19-24(28-21(22)3)27-26(31-6-2)20-23(29-27)25-17-15-18-30(25)4/h15,17-20,26,29H,5-14,16H2,1-4H3. The van der Waals surface area contributed by atoms with Crippen LogP contribution in [0.3, 0.4) is 0 Å². The molecular weight excluding hydrogens is 382 g/mol. The van der Waals surface area contributed by atoms with Crippen molar-refractivity contribution in [3.05, 3.63) is 53.1 Å². The highest BCUT2D eigenvalue weighted by Crippen LogP contribution is 2.31. The number of allylic oxidation sites excluding steroid dienone is 2. The Morgan fingerprint density at radius 2 is 1.74 bits per heavy atom. The third kappa shape index (κ3) is 6.46. The van der Waals surface area contributed by atoms with Gasteiger partial charge in [0.05, 0.1) is 22.8 Å². The molecule has 2 aliphatic heterocycles. The lowest BCUT2D eigenvalue weighted by molar-refractivity contribution is 0.121. The molecule has 0 spiro atoms. The highest BCUT2D eigenvalue weighted by molar-refractivity contribution is 6.02. The normalized spacial score (nSPS) is 20.6. The minimum atomic E-state index is -0.0650. The number of aromatic nitrogens is 1. The molecule has 0 aromatic carbocycles. The summed E-state index contributed by atoms with van der Waals surface area (Å²) in [4.78, 5) is 4.90. The zero-order valence-corrected chi connectivity index (χ0v) is 20.0. The number of aliphatic imine (C=N–C) groups is 1. The fraction of sp³-hybridized carbons (Fsp3) is 0.593. The maximum absolute atomic E-state index is 6.02. The lowest BCUT2D eigenvalue weighted by atomic mass is 10.0. The summed E-state index contributed by atoms with van der Waals surface area (Å²) in [6.07, 6.45) is 19.9. The molecule has 3 heterocycles. The lowest BCUT2D eigenvalue weighted by Gasteiger charge is -2.13. The zero-order chi connectivity index (χ0) is 22.1. The van der Waals surface area contributed by atoms with Crippen LogP contribution >= 0.6 is 0 Å². The van der Waals surface area contributed by atoms with E-state index >= 15 is 0 Å². The predicted octanol–water partition coefficient (Wildman–Crippen LogP) is 6.91. The molecule has 1 aromatic heterocycles. The number of unbranched alkanes of at least 4 members (excludes halogenated alkanes) is 8. The summed E-state index contributed by atoms with van der Waals surface area (Å²) >= 11 is 0. The van der Waals surface area contributed by atoms with E-state index in [0.717, 1.165) is 34.9 Å². The topological polar surface area (TPSA) is 38.5 Å². The highest BCUT2D eigenvalue weighted by Gasteiger charge is 2.27. The Morgan fingerprint density at radius 3 is 2.39 bits per heavy atom. The summed E-state index contributed by atoms with van der Waals surface area (Å²) in [6, 6.07) is 4.20. The van der Waals surface area contributed by atoms with Crippen LogP contribution in [0.4, 0.5) is 0 Å². The Morgan fingerprint density at radius 1 is 1.03 bits per heavy atom. The molecule has 0 saturated heterocycles. The Kier molecular flexibility index (Phi) is 9.20. The van der Waals surface area contributed by atoms with Gasteiger partial charge in [0.25, 0.3) is 0 Å². The molecule has 3 rings (SSSR count). The summed E-state index contributed by atoms with van der Waals surface area (Å²) in [6.45, 7) is 7.15. The molecule has 31 heavy (non-hydrogen) atoms. The van der Waals surface area contributed by atoms with E-state index in [0.29, 0.717) is 6.61 Å². The van der Waals surface area contributed by atoms with Gasteiger partial charge in [0.1, 0.15) is 6.10 Å². The second kappa shape index (κ2) is 12.1. The largest absolute Gasteiger partial charge is 0.368 e. The summed E-state index contributed by atoms with van der Waals surface area (Å²) in [5.41, 5.74) is 6.91. The van der Waals surface area contributed by atoms with Crippen molar-refractivity contribution in [1.82, 2.24) is 9.88 Å². The zero-order valence-electron chi connectivity index (χ0n) is 20.0. The minimum Gasteiger partial charge on any atom is -0.368 e. The van der Waals surface area contributed by atoms with Crippen LogP contribution in [-0.2, 0) is 11.8 Å². The summed E-state index contributed by atoms with van der Waals surface area (Å²) in [7, 11) is 2.07. The minimum absolute atomic E-state index is 0.0650. The number of nitrogens with one attached hydrogen (secondary N) is 1. The van der Waals surface area contributed by atoms with Gasteiger partial charge in [0.15, 0.2) is 0 Å². The fourth-order valence-electron chi connectivity index (χ4n) is 4.48. The van der Waals surface area contributed by atoms with E-state index in [-0.39, 0.29) is 6.10 Å². The van der Waals surface area contributed by atoms with Crippen molar-refractivity contribution in [2.45, 2.75) is 91.1 Å². The molecule has 4 nitrogen and oxygen atoms in total. The van der Waals surface area contributed by atoms with Gasteiger partial charge in [0.2, 0.25) is 0 Å². The number of ether oxygens (including phenoxy) is 1. The number of nitrogens with zero attached hydrogens (tertiary/aromatic N) is 2. The quantitative estimate of drug-likeness (QED) is 0.350. The van der Waals surface area contributed by atoms with Gasteiger partial charge in [-0.25, -0.2) is 0 Å². The molecular formula is C27H41N3O. The second-order valence-electron chi connectivity index (χ2n) is 8.83. The van der Waals surface area contributed by atoms with Crippen LogP contribution in [-0.4, -0.2) is 23.0 Å². The monoisotopic (exact) mass is 423 g/mol. The molecule has 1 aromatic rings. The molecule has 0 saturated carbocycles. The fourth-order valence-corrected chi connectivity index (χ4v) is 4.48. The van der Waals surface area contributed by atoms with Crippen LogP contribution in [0.25, 0.3) is 5.70 Å². The first kappa shape index (κ1) is 23.6. The maximum Gasteiger partial charge on any atom is 0.120 e. The number of hydrogen-bond acceptors (Lipinski definition) is 3. The van der Waals surface area contributed by atoms with Crippen LogP contribution in [0, 0.1) is 0 Å². The molecule has 0 bridgehead atoms. The van der Waals surface area contributed by atoms with Gasteiger partial charge in [-0.15, -0.1) is 0 Å².